The maximum Gasteiger partial charge on any atom is 0.0456 e. The van der Waals surface area contributed by atoms with Crippen LogP contribution in [-0.4, -0.2) is 23.0 Å². The van der Waals surface area contributed by atoms with Crippen LogP contribution in [-0.2, 0) is 6.42 Å². The SMILES string of the molecule is Cc1ccc2[nH]cc(CCN3C=CCC3)c2c1. The lowest BCUT2D eigenvalue weighted by Gasteiger charge is -2.14. The second-order valence-corrected chi connectivity index (χ2v) is 4.82. The molecule has 0 aliphatic carbocycles. The third kappa shape index (κ3) is 2.07. The summed E-state index contributed by atoms with van der Waals surface area (Å²) >= 11 is 0. The fraction of sp³-hybridized carbons (Fsp3) is 0.333. The molecule has 0 unspecified atom stereocenters. The molecule has 0 bridgehead atoms. The predicted octanol–water partition coefficient (Wildman–Crippen LogP) is 3.24. The molecule has 0 spiro atoms. The Bertz CT molecular complexity index is 551. The lowest BCUT2D eigenvalue weighted by Crippen LogP contribution is -2.17. The van der Waals surface area contributed by atoms with Gasteiger partial charge in [0.05, 0.1) is 0 Å². The van der Waals surface area contributed by atoms with Gasteiger partial charge in [-0.3, -0.25) is 0 Å². The minimum Gasteiger partial charge on any atom is -0.377 e. The van der Waals surface area contributed by atoms with Gasteiger partial charge in [-0.1, -0.05) is 17.7 Å². The Hall–Kier alpha value is -1.70. The van der Waals surface area contributed by atoms with Crippen molar-refractivity contribution in [1.82, 2.24) is 9.88 Å². The van der Waals surface area contributed by atoms with E-state index in [9.17, 15) is 0 Å². The average Bonchev–Trinajstić information content (AvgIpc) is 2.94. The van der Waals surface area contributed by atoms with Gasteiger partial charge in [0.1, 0.15) is 0 Å². The molecule has 2 heteroatoms. The highest BCUT2D eigenvalue weighted by Crippen LogP contribution is 2.20. The Kier molecular flexibility index (Phi) is 2.63. The topological polar surface area (TPSA) is 19.0 Å². The highest BCUT2D eigenvalue weighted by Gasteiger charge is 2.07. The van der Waals surface area contributed by atoms with Crippen LogP contribution in [0.15, 0.2) is 36.7 Å². The summed E-state index contributed by atoms with van der Waals surface area (Å²) in [5, 5.41) is 1.38. The van der Waals surface area contributed by atoms with E-state index in [2.05, 4.69) is 53.5 Å². The van der Waals surface area contributed by atoms with E-state index in [0.29, 0.717) is 0 Å². The molecule has 17 heavy (non-hydrogen) atoms. The first kappa shape index (κ1) is 10.5. The first-order valence-corrected chi connectivity index (χ1v) is 6.30. The summed E-state index contributed by atoms with van der Waals surface area (Å²) in [6, 6.07) is 6.61. The smallest absolute Gasteiger partial charge is 0.0456 e. The van der Waals surface area contributed by atoms with Crippen molar-refractivity contribution in [3.8, 4) is 0 Å². The first-order chi connectivity index (χ1) is 8.33. The second-order valence-electron chi connectivity index (χ2n) is 4.82. The van der Waals surface area contributed by atoms with Crippen LogP contribution in [0.1, 0.15) is 17.5 Å². The molecule has 1 aliphatic heterocycles. The monoisotopic (exact) mass is 226 g/mol. The zero-order chi connectivity index (χ0) is 11.7. The molecular weight excluding hydrogens is 208 g/mol. The van der Waals surface area contributed by atoms with Crippen molar-refractivity contribution in [2.45, 2.75) is 19.8 Å². The molecule has 1 aliphatic rings. The van der Waals surface area contributed by atoms with Crippen LogP contribution < -0.4 is 0 Å². The number of aromatic nitrogens is 1. The normalized spacial score (nSPS) is 15.0. The molecule has 1 aromatic heterocycles. The summed E-state index contributed by atoms with van der Waals surface area (Å²) in [6.07, 6.45) is 8.95. The van der Waals surface area contributed by atoms with Crippen LogP contribution in [0.4, 0.5) is 0 Å². The maximum absolute atomic E-state index is 3.35. The molecule has 0 atom stereocenters. The van der Waals surface area contributed by atoms with Crippen LogP contribution in [0, 0.1) is 6.92 Å². The van der Waals surface area contributed by atoms with E-state index in [0.717, 1.165) is 13.0 Å². The number of aryl methyl sites for hydroxylation is 1. The lowest BCUT2D eigenvalue weighted by molar-refractivity contribution is 0.411. The molecule has 0 amide bonds. The number of aromatic amines is 1. The van der Waals surface area contributed by atoms with Crippen molar-refractivity contribution < 1.29 is 0 Å². The number of H-pyrrole nitrogens is 1. The number of hydrogen-bond donors (Lipinski definition) is 1. The number of nitrogens with one attached hydrogen (secondary N) is 1. The first-order valence-electron chi connectivity index (χ1n) is 6.30. The highest BCUT2D eigenvalue weighted by molar-refractivity contribution is 5.83. The molecule has 2 heterocycles. The van der Waals surface area contributed by atoms with Crippen molar-refractivity contribution in [3.05, 3.63) is 47.8 Å². The van der Waals surface area contributed by atoms with Crippen molar-refractivity contribution in [1.29, 1.82) is 0 Å². The molecule has 0 saturated heterocycles. The van der Waals surface area contributed by atoms with E-state index in [1.165, 1.54) is 35.0 Å². The molecule has 2 aromatic rings. The predicted molar refractivity (Wildman–Crippen MR) is 72.1 cm³/mol. The van der Waals surface area contributed by atoms with Crippen molar-refractivity contribution in [2.75, 3.05) is 13.1 Å². The summed E-state index contributed by atoms with van der Waals surface area (Å²) in [6.45, 7) is 4.46. The Balaban J connectivity index is 1.80. The molecule has 1 aromatic carbocycles. The Morgan fingerprint density at radius 2 is 2.29 bits per heavy atom. The van der Waals surface area contributed by atoms with E-state index in [1.807, 2.05) is 0 Å². The Labute approximate surface area is 102 Å². The van der Waals surface area contributed by atoms with Gasteiger partial charge in [-0.25, -0.2) is 0 Å². The van der Waals surface area contributed by atoms with Crippen molar-refractivity contribution >= 4 is 10.9 Å². The maximum atomic E-state index is 3.35. The van der Waals surface area contributed by atoms with Gasteiger partial charge in [0.2, 0.25) is 0 Å². The number of nitrogens with zero attached hydrogens (tertiary/aromatic N) is 1. The molecule has 0 fully saturated rings. The minimum absolute atomic E-state index is 1.12. The zero-order valence-corrected chi connectivity index (χ0v) is 10.2. The fourth-order valence-corrected chi connectivity index (χ4v) is 2.49. The van der Waals surface area contributed by atoms with Gasteiger partial charge in [0, 0.05) is 30.2 Å². The lowest BCUT2D eigenvalue weighted by atomic mass is 10.1. The van der Waals surface area contributed by atoms with Crippen molar-refractivity contribution in [2.24, 2.45) is 0 Å². The fourth-order valence-electron chi connectivity index (χ4n) is 2.49. The van der Waals surface area contributed by atoms with E-state index in [1.54, 1.807) is 0 Å². The number of hydrogen-bond acceptors (Lipinski definition) is 1. The summed E-state index contributed by atoms with van der Waals surface area (Å²) in [5.41, 5.74) is 4.02. The summed E-state index contributed by atoms with van der Waals surface area (Å²) < 4.78 is 0. The van der Waals surface area contributed by atoms with E-state index >= 15 is 0 Å². The molecule has 1 N–H and O–H groups in total. The third-order valence-corrected chi connectivity index (χ3v) is 3.49. The molecule has 2 nitrogen and oxygen atoms in total. The minimum atomic E-state index is 1.12. The number of rotatable bonds is 3. The third-order valence-electron chi connectivity index (χ3n) is 3.49. The van der Waals surface area contributed by atoms with E-state index in [-0.39, 0.29) is 0 Å². The summed E-state index contributed by atoms with van der Waals surface area (Å²) in [7, 11) is 0. The molecule has 0 radical (unpaired) electrons. The zero-order valence-electron chi connectivity index (χ0n) is 10.2. The largest absolute Gasteiger partial charge is 0.377 e. The van der Waals surface area contributed by atoms with Crippen LogP contribution in [0.25, 0.3) is 10.9 Å². The Morgan fingerprint density at radius 1 is 1.35 bits per heavy atom. The molecular formula is C15H18N2. The van der Waals surface area contributed by atoms with Gasteiger partial charge in [-0.05, 0) is 43.7 Å². The van der Waals surface area contributed by atoms with Crippen LogP contribution >= 0.6 is 0 Å². The van der Waals surface area contributed by atoms with Gasteiger partial charge >= 0.3 is 0 Å². The van der Waals surface area contributed by atoms with E-state index < -0.39 is 0 Å². The molecule has 0 saturated carbocycles. The number of fused-ring (bicyclic) bond motifs is 1. The van der Waals surface area contributed by atoms with Crippen LogP contribution in [0.3, 0.4) is 0 Å². The van der Waals surface area contributed by atoms with Gasteiger partial charge in [0.15, 0.2) is 0 Å². The van der Waals surface area contributed by atoms with Crippen LogP contribution in [0.2, 0.25) is 0 Å². The highest BCUT2D eigenvalue weighted by atomic mass is 15.1. The number of benzene rings is 1. The van der Waals surface area contributed by atoms with Gasteiger partial charge in [0.25, 0.3) is 0 Å². The summed E-state index contributed by atoms with van der Waals surface area (Å²) in [5.74, 6) is 0. The molecule has 3 rings (SSSR count). The quantitative estimate of drug-likeness (QED) is 0.851. The average molecular weight is 226 g/mol. The standard InChI is InChI=1S/C15H18N2/c1-12-4-5-15-14(10-12)13(11-16-15)6-9-17-7-2-3-8-17/h2,4-5,7,10-11,16H,3,6,8-9H2,1H3. The second kappa shape index (κ2) is 4.28. The van der Waals surface area contributed by atoms with Crippen LogP contribution in [0.5, 0.6) is 0 Å². The molecule has 88 valence electrons. The van der Waals surface area contributed by atoms with E-state index in [4.69, 9.17) is 0 Å². The summed E-state index contributed by atoms with van der Waals surface area (Å²) in [4.78, 5) is 5.75. The van der Waals surface area contributed by atoms with Gasteiger partial charge < -0.3 is 9.88 Å². The van der Waals surface area contributed by atoms with Gasteiger partial charge in [-0.15, -0.1) is 0 Å². The Morgan fingerprint density at radius 3 is 3.12 bits per heavy atom. The van der Waals surface area contributed by atoms with Crippen molar-refractivity contribution in [3.63, 3.8) is 0 Å². The van der Waals surface area contributed by atoms with Gasteiger partial charge in [-0.2, -0.15) is 0 Å².